The van der Waals surface area contributed by atoms with Gasteiger partial charge in [-0.05, 0) is 25.8 Å². The predicted molar refractivity (Wildman–Crippen MR) is 80.2 cm³/mol. The zero-order valence-corrected chi connectivity index (χ0v) is 12.7. The molecule has 5 nitrogen and oxygen atoms in total. The van der Waals surface area contributed by atoms with Crippen molar-refractivity contribution >= 4 is 11.9 Å². The minimum absolute atomic E-state index is 0.0201. The summed E-state index contributed by atoms with van der Waals surface area (Å²) in [6, 6.07) is 7.66. The second-order valence-corrected chi connectivity index (χ2v) is 4.89. The molecule has 1 aromatic rings. The lowest BCUT2D eigenvalue weighted by atomic mass is 10.1. The molecule has 1 N–H and O–H groups in total. The van der Waals surface area contributed by atoms with Crippen LogP contribution in [0.1, 0.15) is 38.2 Å². The van der Waals surface area contributed by atoms with E-state index in [0.717, 1.165) is 11.3 Å². The Hall–Kier alpha value is -2.04. The highest BCUT2D eigenvalue weighted by molar-refractivity contribution is 5.76. The summed E-state index contributed by atoms with van der Waals surface area (Å²) in [5.41, 5.74) is 0.973. The summed E-state index contributed by atoms with van der Waals surface area (Å²) in [7, 11) is 1.75. The number of nitrogens with zero attached hydrogens (tertiary/aromatic N) is 1. The van der Waals surface area contributed by atoms with Crippen LogP contribution in [0.4, 0.5) is 0 Å². The monoisotopic (exact) mass is 293 g/mol. The van der Waals surface area contributed by atoms with E-state index >= 15 is 0 Å². The summed E-state index contributed by atoms with van der Waals surface area (Å²) in [4.78, 5) is 24.1. The lowest BCUT2D eigenvalue weighted by Crippen LogP contribution is -2.26. The van der Waals surface area contributed by atoms with Crippen LogP contribution in [0.25, 0.3) is 0 Å². The van der Waals surface area contributed by atoms with Crippen LogP contribution < -0.4 is 4.74 Å². The van der Waals surface area contributed by atoms with Gasteiger partial charge in [0.25, 0.3) is 0 Å². The van der Waals surface area contributed by atoms with E-state index in [1.807, 2.05) is 31.2 Å². The minimum atomic E-state index is -0.818. The first-order valence-corrected chi connectivity index (χ1v) is 7.21. The van der Waals surface area contributed by atoms with Gasteiger partial charge >= 0.3 is 5.97 Å². The SMILES string of the molecule is CCOc1ccccc1CN(C)C(=O)CCCCC(=O)O. The Morgan fingerprint density at radius 1 is 1.19 bits per heavy atom. The number of carboxylic acid groups (broad SMARTS) is 1. The third kappa shape index (κ3) is 6.29. The van der Waals surface area contributed by atoms with E-state index < -0.39 is 5.97 Å². The molecule has 0 aliphatic rings. The molecule has 0 spiro atoms. The summed E-state index contributed by atoms with van der Waals surface area (Å²) in [6.07, 6.45) is 1.62. The molecule has 0 heterocycles. The molecule has 5 heteroatoms. The average molecular weight is 293 g/mol. The number of unbranched alkanes of at least 4 members (excludes halogenated alkanes) is 1. The van der Waals surface area contributed by atoms with Crippen molar-refractivity contribution in [2.45, 2.75) is 39.2 Å². The number of carbonyl (C=O) groups excluding carboxylic acids is 1. The zero-order valence-electron chi connectivity index (χ0n) is 12.7. The normalized spacial score (nSPS) is 10.2. The maximum absolute atomic E-state index is 12.0. The average Bonchev–Trinajstić information content (AvgIpc) is 2.45. The van der Waals surface area contributed by atoms with E-state index in [1.54, 1.807) is 11.9 Å². The summed E-state index contributed by atoms with van der Waals surface area (Å²) < 4.78 is 5.54. The number of amides is 1. The Morgan fingerprint density at radius 2 is 1.86 bits per heavy atom. The molecule has 1 aromatic carbocycles. The van der Waals surface area contributed by atoms with E-state index in [0.29, 0.717) is 32.4 Å². The highest BCUT2D eigenvalue weighted by atomic mass is 16.5. The Morgan fingerprint density at radius 3 is 2.52 bits per heavy atom. The molecule has 0 bridgehead atoms. The van der Waals surface area contributed by atoms with Crippen molar-refractivity contribution in [3.8, 4) is 5.75 Å². The van der Waals surface area contributed by atoms with Gasteiger partial charge in [0.2, 0.25) is 5.91 Å². The van der Waals surface area contributed by atoms with Crippen LogP contribution in [0.15, 0.2) is 24.3 Å². The maximum atomic E-state index is 12.0. The molecule has 0 aliphatic heterocycles. The number of aliphatic carboxylic acids is 1. The van der Waals surface area contributed by atoms with Gasteiger partial charge in [0.1, 0.15) is 5.75 Å². The second-order valence-electron chi connectivity index (χ2n) is 4.89. The molecule has 1 amide bonds. The number of carbonyl (C=O) groups is 2. The quantitative estimate of drug-likeness (QED) is 0.711. The lowest BCUT2D eigenvalue weighted by Gasteiger charge is -2.19. The number of benzene rings is 1. The van der Waals surface area contributed by atoms with E-state index in [9.17, 15) is 9.59 Å². The van der Waals surface area contributed by atoms with Crippen molar-refractivity contribution in [1.29, 1.82) is 0 Å². The highest BCUT2D eigenvalue weighted by Crippen LogP contribution is 2.19. The second kappa shape index (κ2) is 9.00. The number of ether oxygens (including phenoxy) is 1. The molecule has 0 atom stereocenters. The van der Waals surface area contributed by atoms with Crippen LogP contribution in [-0.2, 0) is 16.1 Å². The fourth-order valence-corrected chi connectivity index (χ4v) is 2.02. The predicted octanol–water partition coefficient (Wildman–Crippen LogP) is 2.69. The van der Waals surface area contributed by atoms with Crippen LogP contribution in [0, 0.1) is 0 Å². The number of hydrogen-bond donors (Lipinski definition) is 1. The molecule has 0 aromatic heterocycles. The first-order valence-electron chi connectivity index (χ1n) is 7.21. The van der Waals surface area contributed by atoms with Crippen molar-refractivity contribution in [3.63, 3.8) is 0 Å². The van der Waals surface area contributed by atoms with Crippen molar-refractivity contribution in [2.24, 2.45) is 0 Å². The highest BCUT2D eigenvalue weighted by Gasteiger charge is 2.12. The van der Waals surface area contributed by atoms with Crippen molar-refractivity contribution in [3.05, 3.63) is 29.8 Å². The number of rotatable bonds is 9. The molecule has 116 valence electrons. The van der Waals surface area contributed by atoms with Crippen molar-refractivity contribution in [1.82, 2.24) is 4.90 Å². The van der Waals surface area contributed by atoms with Crippen molar-refractivity contribution < 1.29 is 19.4 Å². The van der Waals surface area contributed by atoms with Crippen LogP contribution >= 0.6 is 0 Å². The molecule has 0 saturated carbocycles. The first kappa shape index (κ1) is 17.0. The van der Waals surface area contributed by atoms with Gasteiger partial charge in [0, 0.05) is 32.0 Å². The van der Waals surface area contributed by atoms with E-state index in [2.05, 4.69) is 0 Å². The van der Waals surface area contributed by atoms with Gasteiger partial charge < -0.3 is 14.7 Å². The molecule has 1 rings (SSSR count). The van der Waals surface area contributed by atoms with Crippen LogP contribution in [0.5, 0.6) is 5.75 Å². The maximum Gasteiger partial charge on any atom is 0.303 e. The standard InChI is InChI=1S/C16H23NO4/c1-3-21-14-9-5-4-8-13(14)12-17(2)15(18)10-6-7-11-16(19)20/h4-5,8-9H,3,6-7,10-12H2,1-2H3,(H,19,20). The van der Waals surface area contributed by atoms with Gasteiger partial charge in [-0.2, -0.15) is 0 Å². The minimum Gasteiger partial charge on any atom is -0.494 e. The van der Waals surface area contributed by atoms with Gasteiger partial charge in [0.15, 0.2) is 0 Å². The summed E-state index contributed by atoms with van der Waals surface area (Å²) in [5.74, 6) is -0.00124. The fraction of sp³-hybridized carbons (Fsp3) is 0.500. The van der Waals surface area contributed by atoms with Gasteiger partial charge in [0.05, 0.1) is 6.61 Å². The summed E-state index contributed by atoms with van der Waals surface area (Å²) in [5, 5.41) is 8.55. The van der Waals surface area contributed by atoms with Crippen LogP contribution in [-0.4, -0.2) is 35.5 Å². The zero-order chi connectivity index (χ0) is 15.7. The summed E-state index contributed by atoms with van der Waals surface area (Å²) >= 11 is 0. The van der Waals surface area contributed by atoms with Gasteiger partial charge in [-0.1, -0.05) is 18.2 Å². The van der Waals surface area contributed by atoms with Crippen LogP contribution in [0.2, 0.25) is 0 Å². The van der Waals surface area contributed by atoms with E-state index in [-0.39, 0.29) is 12.3 Å². The van der Waals surface area contributed by atoms with E-state index in [4.69, 9.17) is 9.84 Å². The molecular formula is C16H23NO4. The molecule has 0 aliphatic carbocycles. The third-order valence-corrected chi connectivity index (χ3v) is 3.14. The number of para-hydroxylation sites is 1. The Bertz CT molecular complexity index is 473. The topological polar surface area (TPSA) is 66.8 Å². The number of carboxylic acids is 1. The fourth-order valence-electron chi connectivity index (χ4n) is 2.02. The van der Waals surface area contributed by atoms with Crippen LogP contribution in [0.3, 0.4) is 0 Å². The molecule has 0 unspecified atom stereocenters. The smallest absolute Gasteiger partial charge is 0.303 e. The van der Waals surface area contributed by atoms with Gasteiger partial charge in [-0.3, -0.25) is 9.59 Å². The van der Waals surface area contributed by atoms with E-state index in [1.165, 1.54) is 0 Å². The third-order valence-electron chi connectivity index (χ3n) is 3.14. The summed E-state index contributed by atoms with van der Waals surface area (Å²) in [6.45, 7) is 3.01. The molecular weight excluding hydrogens is 270 g/mol. The largest absolute Gasteiger partial charge is 0.494 e. The first-order chi connectivity index (χ1) is 10.0. The molecule has 0 saturated heterocycles. The molecule has 0 fully saturated rings. The Balaban J connectivity index is 2.46. The van der Waals surface area contributed by atoms with Gasteiger partial charge in [-0.25, -0.2) is 0 Å². The van der Waals surface area contributed by atoms with Gasteiger partial charge in [-0.15, -0.1) is 0 Å². The Labute approximate surface area is 125 Å². The van der Waals surface area contributed by atoms with Crippen molar-refractivity contribution in [2.75, 3.05) is 13.7 Å². The molecule has 0 radical (unpaired) electrons. The lowest BCUT2D eigenvalue weighted by molar-refractivity contribution is -0.137. The Kier molecular flexibility index (Phi) is 7.29. The number of hydrogen-bond acceptors (Lipinski definition) is 3. The molecule has 21 heavy (non-hydrogen) atoms.